The standard InChI is InChI=1S/C17H24N2O3.ClH/c1-2-3-9-19-10-5-6-13(11-19)17(20)18-14-7-4-8-15-16(14)22-12-21-15;/h4,7-8,13H,2-3,5-6,9-12H2,1H3,(H,18,20);1H/p-1. The Hall–Kier alpha value is -1.46. The summed E-state index contributed by atoms with van der Waals surface area (Å²) in [6.45, 7) is 5.49. The molecule has 0 bridgehead atoms. The number of benzene rings is 1. The van der Waals surface area contributed by atoms with Crippen molar-refractivity contribution in [2.24, 2.45) is 5.92 Å². The molecule has 1 saturated heterocycles. The van der Waals surface area contributed by atoms with Crippen LogP contribution in [-0.4, -0.2) is 37.2 Å². The molecule has 0 saturated carbocycles. The number of carbonyl (C=O) groups is 1. The van der Waals surface area contributed by atoms with E-state index in [1.165, 1.54) is 12.8 Å². The van der Waals surface area contributed by atoms with Gasteiger partial charge in [-0.05, 0) is 44.5 Å². The number of carbonyl (C=O) groups excluding carboxylic acids is 1. The minimum atomic E-state index is 0. The second kappa shape index (κ2) is 8.41. The maximum Gasteiger partial charge on any atom is 0.231 e. The molecule has 2 aliphatic rings. The Labute approximate surface area is 143 Å². The summed E-state index contributed by atoms with van der Waals surface area (Å²) >= 11 is 0. The van der Waals surface area contributed by atoms with Crippen molar-refractivity contribution in [1.82, 2.24) is 4.90 Å². The van der Waals surface area contributed by atoms with Crippen molar-refractivity contribution in [2.75, 3.05) is 31.7 Å². The predicted octanol–water partition coefficient (Wildman–Crippen LogP) is -0.130. The largest absolute Gasteiger partial charge is 1.00 e. The average molecular weight is 340 g/mol. The highest BCUT2D eigenvalue weighted by atomic mass is 35.5. The van der Waals surface area contributed by atoms with Crippen molar-refractivity contribution >= 4 is 11.6 Å². The van der Waals surface area contributed by atoms with Gasteiger partial charge in [0.1, 0.15) is 0 Å². The number of halogens is 1. The van der Waals surface area contributed by atoms with Gasteiger partial charge in [-0.1, -0.05) is 19.4 Å². The number of nitrogens with zero attached hydrogens (tertiary/aromatic N) is 1. The van der Waals surface area contributed by atoms with Crippen LogP contribution in [0.1, 0.15) is 32.6 Å². The Morgan fingerprint density at radius 3 is 3.09 bits per heavy atom. The Balaban J connectivity index is 0.00000192. The first-order chi connectivity index (χ1) is 10.8. The Bertz CT molecular complexity index is 539. The van der Waals surface area contributed by atoms with Crippen molar-refractivity contribution in [3.05, 3.63) is 18.2 Å². The molecular weight excluding hydrogens is 316 g/mol. The van der Waals surface area contributed by atoms with Crippen LogP contribution in [0, 0.1) is 5.92 Å². The molecule has 0 radical (unpaired) electrons. The maximum absolute atomic E-state index is 12.6. The lowest BCUT2D eigenvalue weighted by Crippen LogP contribution is -3.00. The highest BCUT2D eigenvalue weighted by Gasteiger charge is 2.27. The first-order valence-corrected chi connectivity index (χ1v) is 8.19. The van der Waals surface area contributed by atoms with Crippen LogP contribution in [0.15, 0.2) is 18.2 Å². The van der Waals surface area contributed by atoms with Gasteiger partial charge in [-0.3, -0.25) is 4.79 Å². The van der Waals surface area contributed by atoms with E-state index < -0.39 is 0 Å². The summed E-state index contributed by atoms with van der Waals surface area (Å²) in [6, 6.07) is 5.59. The molecule has 3 rings (SSSR count). The molecule has 6 heteroatoms. The van der Waals surface area contributed by atoms with Crippen LogP contribution >= 0.6 is 0 Å². The quantitative estimate of drug-likeness (QED) is 0.812. The fraction of sp³-hybridized carbons (Fsp3) is 0.588. The molecule has 1 aromatic carbocycles. The zero-order valence-electron chi connectivity index (χ0n) is 13.5. The van der Waals surface area contributed by atoms with Gasteiger partial charge in [0, 0.05) is 6.54 Å². The summed E-state index contributed by atoms with van der Waals surface area (Å²) in [4.78, 5) is 15.0. The number of para-hydroxylation sites is 1. The Morgan fingerprint density at radius 1 is 1.39 bits per heavy atom. The van der Waals surface area contributed by atoms with Gasteiger partial charge in [0.2, 0.25) is 12.7 Å². The normalized spacial score (nSPS) is 20.0. The van der Waals surface area contributed by atoms with Gasteiger partial charge in [0.15, 0.2) is 11.5 Å². The molecule has 2 heterocycles. The number of rotatable bonds is 5. The van der Waals surface area contributed by atoms with Crippen molar-refractivity contribution < 1.29 is 26.7 Å². The number of likely N-dealkylation sites (tertiary alicyclic amines) is 1. The number of fused-ring (bicyclic) bond motifs is 1. The molecule has 1 unspecified atom stereocenters. The summed E-state index contributed by atoms with van der Waals surface area (Å²) in [5.41, 5.74) is 0.714. The van der Waals surface area contributed by atoms with Crippen molar-refractivity contribution in [3.63, 3.8) is 0 Å². The predicted molar refractivity (Wildman–Crippen MR) is 85.3 cm³/mol. The molecule has 1 amide bonds. The molecule has 0 aromatic heterocycles. The minimum absolute atomic E-state index is 0. The Morgan fingerprint density at radius 2 is 2.26 bits per heavy atom. The molecule has 0 spiro atoms. The van der Waals surface area contributed by atoms with Gasteiger partial charge < -0.3 is 32.1 Å². The summed E-state index contributed by atoms with van der Waals surface area (Å²) < 4.78 is 10.8. The lowest BCUT2D eigenvalue weighted by atomic mass is 9.96. The van der Waals surface area contributed by atoms with E-state index in [0.29, 0.717) is 17.2 Å². The number of piperidine rings is 1. The van der Waals surface area contributed by atoms with Gasteiger partial charge in [0.25, 0.3) is 0 Å². The number of unbranched alkanes of at least 4 members (excludes halogenated alkanes) is 1. The van der Waals surface area contributed by atoms with Gasteiger partial charge in [-0.15, -0.1) is 0 Å². The van der Waals surface area contributed by atoms with E-state index in [2.05, 4.69) is 17.1 Å². The monoisotopic (exact) mass is 339 g/mol. The van der Waals surface area contributed by atoms with E-state index in [9.17, 15) is 4.79 Å². The fourth-order valence-electron chi connectivity index (χ4n) is 3.12. The summed E-state index contributed by atoms with van der Waals surface area (Å²) in [6.07, 6.45) is 4.45. The smallest absolute Gasteiger partial charge is 0.231 e. The molecule has 1 atom stereocenters. The van der Waals surface area contributed by atoms with E-state index in [1.807, 2.05) is 18.2 Å². The van der Waals surface area contributed by atoms with E-state index in [1.54, 1.807) is 0 Å². The van der Waals surface area contributed by atoms with Crippen molar-refractivity contribution in [1.29, 1.82) is 0 Å². The zero-order valence-corrected chi connectivity index (χ0v) is 14.3. The van der Waals surface area contributed by atoms with Crippen LogP contribution in [0.3, 0.4) is 0 Å². The Kier molecular flexibility index (Phi) is 6.54. The minimum Gasteiger partial charge on any atom is -1.00 e. The summed E-state index contributed by atoms with van der Waals surface area (Å²) in [5, 5.41) is 3.02. The number of amides is 1. The van der Waals surface area contributed by atoms with Crippen LogP contribution in [0.4, 0.5) is 5.69 Å². The summed E-state index contributed by atoms with van der Waals surface area (Å²) in [5.74, 6) is 1.49. The molecular formula is C17H24ClN2O3-. The number of ether oxygens (including phenoxy) is 2. The van der Waals surface area contributed by atoms with Crippen LogP contribution in [0.2, 0.25) is 0 Å². The number of nitrogens with one attached hydrogen (secondary N) is 1. The highest BCUT2D eigenvalue weighted by Crippen LogP contribution is 2.39. The second-order valence-corrected chi connectivity index (χ2v) is 6.02. The average Bonchev–Trinajstić information content (AvgIpc) is 3.03. The molecule has 23 heavy (non-hydrogen) atoms. The highest BCUT2D eigenvalue weighted by molar-refractivity contribution is 5.94. The zero-order chi connectivity index (χ0) is 15.4. The van der Waals surface area contributed by atoms with Gasteiger partial charge in [-0.2, -0.15) is 0 Å². The lowest BCUT2D eigenvalue weighted by molar-refractivity contribution is -0.121. The molecule has 1 aromatic rings. The van der Waals surface area contributed by atoms with E-state index in [0.717, 1.165) is 32.5 Å². The first kappa shape index (κ1) is 17.9. The van der Waals surface area contributed by atoms with Crippen LogP contribution in [-0.2, 0) is 4.79 Å². The number of hydrogen-bond acceptors (Lipinski definition) is 4. The topological polar surface area (TPSA) is 50.8 Å². The number of anilines is 1. The molecule has 5 nitrogen and oxygen atoms in total. The van der Waals surface area contributed by atoms with E-state index in [4.69, 9.17) is 9.47 Å². The van der Waals surface area contributed by atoms with E-state index >= 15 is 0 Å². The van der Waals surface area contributed by atoms with Gasteiger partial charge in [0.05, 0.1) is 11.6 Å². The molecule has 0 aliphatic carbocycles. The fourth-order valence-corrected chi connectivity index (χ4v) is 3.12. The first-order valence-electron chi connectivity index (χ1n) is 8.19. The molecule has 128 valence electrons. The summed E-state index contributed by atoms with van der Waals surface area (Å²) in [7, 11) is 0. The van der Waals surface area contributed by atoms with Crippen molar-refractivity contribution in [3.8, 4) is 11.5 Å². The van der Waals surface area contributed by atoms with Crippen LogP contribution < -0.4 is 27.2 Å². The maximum atomic E-state index is 12.6. The lowest BCUT2D eigenvalue weighted by Gasteiger charge is -2.31. The third-order valence-electron chi connectivity index (χ3n) is 4.36. The molecule has 2 aliphatic heterocycles. The van der Waals surface area contributed by atoms with Crippen LogP contribution in [0.25, 0.3) is 0 Å². The van der Waals surface area contributed by atoms with Crippen LogP contribution in [0.5, 0.6) is 11.5 Å². The van der Waals surface area contributed by atoms with Crippen molar-refractivity contribution in [2.45, 2.75) is 32.6 Å². The number of hydrogen-bond donors (Lipinski definition) is 1. The third-order valence-corrected chi connectivity index (χ3v) is 4.36. The van der Waals surface area contributed by atoms with Gasteiger partial charge >= 0.3 is 0 Å². The molecule has 1 N–H and O–H groups in total. The van der Waals surface area contributed by atoms with E-state index in [-0.39, 0.29) is 31.0 Å². The third kappa shape index (κ3) is 4.30. The molecule has 1 fully saturated rings. The second-order valence-electron chi connectivity index (χ2n) is 6.02. The SMILES string of the molecule is CCCCN1CCCC(C(=O)Nc2cccc3c2OCO3)C1.[Cl-]. The van der Waals surface area contributed by atoms with Gasteiger partial charge in [-0.25, -0.2) is 0 Å².